The first-order chi connectivity index (χ1) is 5.02. The summed E-state index contributed by atoms with van der Waals surface area (Å²) in [4.78, 5) is 13.3. The van der Waals surface area contributed by atoms with Crippen molar-refractivity contribution in [3.63, 3.8) is 0 Å². The first-order valence-corrected chi connectivity index (χ1v) is 3.80. The van der Waals surface area contributed by atoms with E-state index in [0.717, 1.165) is 0 Å². The minimum absolute atomic E-state index is 0.144. The number of carbonyl (C=O) groups is 1. The lowest BCUT2D eigenvalue weighted by Gasteiger charge is -2.21. The molecule has 0 atom stereocenters. The summed E-state index contributed by atoms with van der Waals surface area (Å²) >= 11 is 5.31. The summed E-state index contributed by atoms with van der Waals surface area (Å²) in [5, 5.41) is 0. The molecule has 0 saturated heterocycles. The molecule has 0 aromatic carbocycles. The molecule has 1 N–H and O–H groups in total. The second-order valence-corrected chi connectivity index (χ2v) is 3.49. The van der Waals surface area contributed by atoms with E-state index in [2.05, 4.69) is 9.57 Å². The van der Waals surface area contributed by atoms with Gasteiger partial charge < -0.3 is 4.74 Å². The van der Waals surface area contributed by atoms with Crippen LogP contribution in [0.2, 0.25) is 0 Å². The Balaban J connectivity index is 3.80. The molecule has 0 aliphatic heterocycles. The van der Waals surface area contributed by atoms with Gasteiger partial charge >= 0.3 is 5.97 Å². The third-order valence-corrected chi connectivity index (χ3v) is 1.53. The van der Waals surface area contributed by atoms with Gasteiger partial charge in [0.1, 0.15) is 0 Å². The van der Waals surface area contributed by atoms with Crippen LogP contribution in [0, 0.1) is 5.41 Å². The average molecular weight is 180 g/mol. The molecule has 0 radical (unpaired) electrons. The molecule has 0 heterocycles. The molecule has 66 valence electrons. The van der Waals surface area contributed by atoms with Crippen LogP contribution < -0.4 is 4.84 Å². The smallest absolute Gasteiger partial charge is 0.306 e. The molecule has 0 amide bonds. The Morgan fingerprint density at radius 1 is 1.64 bits per heavy atom. The maximum absolute atomic E-state index is 10.8. The summed E-state index contributed by atoms with van der Waals surface area (Å²) < 4.78 is 4.52. The largest absolute Gasteiger partial charge is 0.469 e. The van der Waals surface area contributed by atoms with E-state index in [0.29, 0.717) is 13.0 Å². The zero-order chi connectivity index (χ0) is 8.91. The van der Waals surface area contributed by atoms with Crippen molar-refractivity contribution in [2.45, 2.75) is 20.3 Å². The zero-order valence-electron chi connectivity index (χ0n) is 7.11. The van der Waals surface area contributed by atoms with E-state index in [1.54, 1.807) is 0 Å². The molecule has 3 nitrogen and oxygen atoms in total. The van der Waals surface area contributed by atoms with Gasteiger partial charge in [-0.1, -0.05) is 13.8 Å². The number of hydrogen-bond acceptors (Lipinski definition) is 3. The minimum atomic E-state index is -0.207. The molecule has 0 aromatic heterocycles. The van der Waals surface area contributed by atoms with E-state index in [4.69, 9.17) is 11.8 Å². The van der Waals surface area contributed by atoms with Crippen LogP contribution in [-0.2, 0) is 9.53 Å². The third-order valence-electron chi connectivity index (χ3n) is 1.40. The molecule has 0 aliphatic rings. The van der Waals surface area contributed by atoms with Crippen molar-refractivity contribution in [3.05, 3.63) is 0 Å². The van der Waals surface area contributed by atoms with Gasteiger partial charge in [-0.15, -0.1) is 0 Å². The van der Waals surface area contributed by atoms with Crippen LogP contribution in [-0.4, -0.2) is 19.6 Å². The van der Waals surface area contributed by atoms with Crippen molar-refractivity contribution < 1.29 is 9.53 Å². The molecule has 0 aromatic rings. The Morgan fingerprint density at radius 2 is 2.18 bits per heavy atom. The van der Waals surface area contributed by atoms with Gasteiger partial charge in [-0.25, -0.2) is 4.84 Å². The Labute approximate surface area is 72.2 Å². The van der Waals surface area contributed by atoms with Gasteiger partial charge in [0.15, 0.2) is 0 Å². The Morgan fingerprint density at radius 3 is 2.55 bits per heavy atom. The van der Waals surface area contributed by atoms with E-state index >= 15 is 0 Å². The van der Waals surface area contributed by atoms with Gasteiger partial charge in [-0.2, -0.15) is 0 Å². The number of nitrogens with one attached hydrogen (secondary N) is 1. The van der Waals surface area contributed by atoms with Gasteiger partial charge in [0.05, 0.1) is 13.5 Å². The van der Waals surface area contributed by atoms with Crippen LogP contribution in [0.4, 0.5) is 0 Å². The van der Waals surface area contributed by atoms with E-state index in [1.807, 2.05) is 13.8 Å². The fourth-order valence-corrected chi connectivity index (χ4v) is 1.07. The summed E-state index contributed by atoms with van der Waals surface area (Å²) in [7, 11) is 1.38. The number of hydrogen-bond donors (Lipinski definition) is 1. The molecule has 0 spiro atoms. The fourth-order valence-electron chi connectivity index (χ4n) is 0.706. The molecule has 0 fully saturated rings. The predicted octanol–water partition coefficient (Wildman–Crippen LogP) is 1.32. The molecule has 11 heavy (non-hydrogen) atoms. The maximum Gasteiger partial charge on any atom is 0.306 e. The second kappa shape index (κ2) is 4.57. The van der Waals surface area contributed by atoms with Crippen molar-refractivity contribution in [1.82, 2.24) is 4.84 Å². The Bertz CT molecular complexity index is 136. The van der Waals surface area contributed by atoms with Crippen LogP contribution in [0.5, 0.6) is 0 Å². The summed E-state index contributed by atoms with van der Waals surface area (Å²) in [6.07, 6.45) is 0.378. The second-order valence-electron chi connectivity index (χ2n) is 3.23. The fraction of sp³-hybridized carbons (Fsp3) is 0.857. The zero-order valence-corrected chi connectivity index (χ0v) is 7.86. The van der Waals surface area contributed by atoms with E-state index in [9.17, 15) is 4.79 Å². The molecule has 4 heteroatoms. The van der Waals surface area contributed by atoms with Gasteiger partial charge in [-0.3, -0.25) is 4.79 Å². The molecule has 0 aliphatic carbocycles. The van der Waals surface area contributed by atoms with Crippen LogP contribution in [0.15, 0.2) is 0 Å². The van der Waals surface area contributed by atoms with Crippen LogP contribution in [0.25, 0.3) is 0 Å². The van der Waals surface area contributed by atoms with E-state index in [-0.39, 0.29) is 11.4 Å². The molecule has 0 rings (SSSR count). The van der Waals surface area contributed by atoms with E-state index < -0.39 is 0 Å². The quantitative estimate of drug-likeness (QED) is 0.523. The number of esters is 1. The van der Waals surface area contributed by atoms with Crippen LogP contribution in [0.3, 0.4) is 0 Å². The van der Waals surface area contributed by atoms with Gasteiger partial charge in [-0.05, 0) is 17.2 Å². The number of carbonyl (C=O) groups excluding carboxylic acids is 1. The lowest BCUT2D eigenvalue weighted by Crippen LogP contribution is -2.27. The number of rotatable bonds is 4. The van der Waals surface area contributed by atoms with Crippen molar-refractivity contribution in [1.29, 1.82) is 0 Å². The standard InChI is InChI=1S/C7H14ClNO2/c1-7(2,5-9-8)4-6(10)11-3/h9H,4-5H2,1-3H3. The summed E-state index contributed by atoms with van der Waals surface area (Å²) in [5.41, 5.74) is -0.144. The molecular weight excluding hydrogens is 166 g/mol. The minimum Gasteiger partial charge on any atom is -0.469 e. The van der Waals surface area contributed by atoms with Crippen molar-refractivity contribution in [3.8, 4) is 0 Å². The first kappa shape index (κ1) is 10.7. The highest BCUT2D eigenvalue weighted by atomic mass is 35.5. The topological polar surface area (TPSA) is 38.3 Å². The number of halogens is 1. The lowest BCUT2D eigenvalue weighted by atomic mass is 9.90. The SMILES string of the molecule is COC(=O)CC(C)(C)CNCl. The number of ether oxygens (including phenoxy) is 1. The van der Waals surface area contributed by atoms with Crippen molar-refractivity contribution in [2.24, 2.45) is 5.41 Å². The van der Waals surface area contributed by atoms with Crippen LogP contribution in [0.1, 0.15) is 20.3 Å². The maximum atomic E-state index is 10.8. The number of methoxy groups -OCH3 is 1. The molecule has 0 bridgehead atoms. The van der Waals surface area contributed by atoms with E-state index in [1.165, 1.54) is 7.11 Å². The van der Waals surface area contributed by atoms with Gasteiger partial charge in [0, 0.05) is 6.54 Å². The average Bonchev–Trinajstić information content (AvgIpc) is 1.86. The summed E-state index contributed by atoms with van der Waals surface area (Å²) in [6.45, 7) is 4.47. The monoisotopic (exact) mass is 179 g/mol. The third kappa shape index (κ3) is 5.04. The van der Waals surface area contributed by atoms with Gasteiger partial charge in [0.25, 0.3) is 0 Å². The predicted molar refractivity (Wildman–Crippen MR) is 44.3 cm³/mol. The molecular formula is C7H14ClNO2. The summed E-state index contributed by atoms with van der Waals surface area (Å²) in [6, 6.07) is 0. The highest BCUT2D eigenvalue weighted by Gasteiger charge is 2.21. The van der Waals surface area contributed by atoms with Gasteiger partial charge in [0.2, 0.25) is 0 Å². The highest BCUT2D eigenvalue weighted by molar-refractivity contribution is 6.13. The lowest BCUT2D eigenvalue weighted by molar-refractivity contribution is -0.142. The molecule has 0 saturated carbocycles. The van der Waals surface area contributed by atoms with Crippen LogP contribution >= 0.6 is 11.8 Å². The normalized spacial score (nSPS) is 11.3. The highest BCUT2D eigenvalue weighted by Crippen LogP contribution is 2.19. The molecule has 0 unspecified atom stereocenters. The first-order valence-electron chi connectivity index (χ1n) is 3.42. The summed E-state index contributed by atoms with van der Waals surface area (Å²) in [5.74, 6) is -0.207. The van der Waals surface area contributed by atoms with Crippen molar-refractivity contribution >= 4 is 17.7 Å². The van der Waals surface area contributed by atoms with Crippen molar-refractivity contribution in [2.75, 3.05) is 13.7 Å². The Kier molecular flexibility index (Phi) is 4.45. The Hall–Kier alpha value is -0.280.